The maximum Gasteiger partial charge on any atom is 0.187 e. The molecule has 426 valence electrons. The average Bonchev–Trinajstić information content (AvgIpc) is 3.84. The Labute approximate surface area is 430 Å². The predicted molar refractivity (Wildman–Crippen MR) is 248 cm³/mol. The quantitative estimate of drug-likeness (QED) is 0.0872. The molecule has 10 aliphatic rings. The predicted octanol–water partition coefficient (Wildman–Crippen LogP) is -2.91. The van der Waals surface area contributed by atoms with E-state index in [1.165, 1.54) is 0 Å². The van der Waals surface area contributed by atoms with E-state index in [4.69, 9.17) is 47.4 Å². The Morgan fingerprint density at radius 1 is 0.500 bits per heavy atom. The molecule has 1 spiro atoms. The first-order chi connectivity index (χ1) is 35.2. The Bertz CT molecular complexity index is 1870. The molecule has 10 rings (SSSR count). The lowest BCUT2D eigenvalue weighted by atomic mass is 9.44. The van der Waals surface area contributed by atoms with Crippen LogP contribution in [0.15, 0.2) is 0 Å². The van der Waals surface area contributed by atoms with E-state index in [1.807, 2.05) is 0 Å². The normalized spacial score (nSPS) is 57.6. The van der Waals surface area contributed by atoms with E-state index >= 15 is 0 Å². The lowest BCUT2D eigenvalue weighted by Crippen LogP contribution is -2.67. The van der Waals surface area contributed by atoms with Crippen molar-refractivity contribution >= 4 is 0 Å². The minimum atomic E-state index is -2.03. The highest BCUT2D eigenvalue weighted by Crippen LogP contribution is 2.71. The Morgan fingerprint density at radius 3 is 1.73 bits per heavy atom. The van der Waals surface area contributed by atoms with Crippen LogP contribution in [-0.2, 0) is 47.4 Å². The van der Waals surface area contributed by atoms with Gasteiger partial charge in [0.25, 0.3) is 0 Å². The second-order valence-corrected chi connectivity index (χ2v) is 24.4. The first kappa shape index (κ1) is 56.4. The Kier molecular flexibility index (Phi) is 16.6. The van der Waals surface area contributed by atoms with Crippen LogP contribution in [0.4, 0.5) is 0 Å². The van der Waals surface area contributed by atoms with Gasteiger partial charge in [0.15, 0.2) is 30.9 Å². The van der Waals surface area contributed by atoms with E-state index in [2.05, 4.69) is 27.7 Å². The zero-order chi connectivity index (χ0) is 52.9. The highest BCUT2D eigenvalue weighted by atomic mass is 16.8. The van der Waals surface area contributed by atoms with Crippen LogP contribution in [0.2, 0.25) is 0 Å². The third-order valence-electron chi connectivity index (χ3n) is 20.4. The molecule has 10 fully saturated rings. The van der Waals surface area contributed by atoms with Crippen LogP contribution in [0.1, 0.15) is 91.9 Å². The maximum absolute atomic E-state index is 11.8. The second kappa shape index (κ2) is 21.9. The fraction of sp³-hybridized carbons (Fsp3) is 1.00. The van der Waals surface area contributed by atoms with Crippen molar-refractivity contribution in [3.63, 3.8) is 0 Å². The summed E-state index contributed by atoms with van der Waals surface area (Å²) in [5.41, 5.74) is 0.279. The van der Waals surface area contributed by atoms with E-state index in [-0.39, 0.29) is 23.0 Å². The fourth-order valence-corrected chi connectivity index (χ4v) is 16.1. The monoisotopic (exact) mass is 1060 g/mol. The summed E-state index contributed by atoms with van der Waals surface area (Å²) in [5.74, 6) is 3.02. The van der Waals surface area contributed by atoms with Gasteiger partial charge in [-0.25, -0.2) is 0 Å². The maximum atomic E-state index is 11.8. The van der Waals surface area contributed by atoms with Gasteiger partial charge in [0.05, 0.1) is 45.2 Å². The Hall–Kier alpha value is -0.920. The number of rotatable bonds is 12. The summed E-state index contributed by atoms with van der Waals surface area (Å²) in [6.45, 7) is 7.30. The van der Waals surface area contributed by atoms with Crippen molar-refractivity contribution < 1.29 is 114 Å². The van der Waals surface area contributed by atoms with Crippen LogP contribution in [0, 0.1) is 52.3 Å². The number of fused-ring (bicyclic) bond motifs is 7. The van der Waals surface area contributed by atoms with Gasteiger partial charge < -0.3 is 114 Å². The highest BCUT2D eigenvalue weighted by molar-refractivity contribution is 5.15. The lowest BCUT2D eigenvalue weighted by Gasteiger charge is -2.61. The molecule has 6 saturated heterocycles. The van der Waals surface area contributed by atoms with Crippen molar-refractivity contribution in [2.75, 3.05) is 33.0 Å². The minimum Gasteiger partial charge on any atom is -0.394 e. The molecule has 0 amide bonds. The van der Waals surface area contributed by atoms with Gasteiger partial charge in [-0.3, -0.25) is 0 Å². The molecule has 32 atom stereocenters. The van der Waals surface area contributed by atoms with Gasteiger partial charge in [0.2, 0.25) is 0 Å². The fourth-order valence-electron chi connectivity index (χ4n) is 16.1. The molecular formula is C51H84O23. The van der Waals surface area contributed by atoms with Gasteiger partial charge in [0, 0.05) is 12.3 Å². The van der Waals surface area contributed by atoms with Crippen molar-refractivity contribution in [2.45, 2.75) is 233 Å². The first-order valence-corrected chi connectivity index (χ1v) is 27.3. The zero-order valence-electron chi connectivity index (χ0n) is 42.7. The second-order valence-electron chi connectivity index (χ2n) is 24.4. The Morgan fingerprint density at radius 2 is 1.07 bits per heavy atom. The molecule has 74 heavy (non-hydrogen) atoms. The molecule has 4 saturated carbocycles. The van der Waals surface area contributed by atoms with E-state index in [1.54, 1.807) is 0 Å². The number of aliphatic hydroxyl groups is 13. The lowest BCUT2D eigenvalue weighted by molar-refractivity contribution is -0.393. The van der Waals surface area contributed by atoms with Crippen molar-refractivity contribution in [3.05, 3.63) is 0 Å². The summed E-state index contributed by atoms with van der Waals surface area (Å²) in [6, 6.07) is 0. The van der Waals surface area contributed by atoms with Crippen LogP contribution >= 0.6 is 0 Å². The largest absolute Gasteiger partial charge is 0.394 e. The van der Waals surface area contributed by atoms with E-state index in [0.717, 1.165) is 64.4 Å². The molecule has 23 heteroatoms. The Balaban J connectivity index is 0.797. The number of ether oxygens (including phenoxy) is 10. The summed E-state index contributed by atoms with van der Waals surface area (Å²) in [7, 11) is 0. The summed E-state index contributed by atoms with van der Waals surface area (Å²) >= 11 is 0. The molecule has 6 aliphatic heterocycles. The van der Waals surface area contributed by atoms with Gasteiger partial charge in [-0.1, -0.05) is 27.7 Å². The third-order valence-corrected chi connectivity index (χ3v) is 20.4. The van der Waals surface area contributed by atoms with Gasteiger partial charge in [-0.2, -0.15) is 0 Å². The number of hydrogen-bond acceptors (Lipinski definition) is 23. The third kappa shape index (κ3) is 9.66. The molecule has 0 unspecified atom stereocenters. The summed E-state index contributed by atoms with van der Waals surface area (Å²) < 4.78 is 60.8. The molecule has 6 heterocycles. The van der Waals surface area contributed by atoms with E-state index in [0.29, 0.717) is 47.8 Å². The van der Waals surface area contributed by atoms with Crippen molar-refractivity contribution in [2.24, 2.45) is 52.3 Å². The molecular weight excluding hydrogens is 981 g/mol. The van der Waals surface area contributed by atoms with Gasteiger partial charge in [0.1, 0.15) is 97.7 Å². The molecule has 0 aromatic heterocycles. The SMILES string of the molecule is C[C@H]1CC[C@@]2(OC1)O[C@H]1C[C@H]3[C@@H]4CC[C@@H]5C[C@@H](O[C@@H]6O[C@H](CO)[C@@H](O[C@@H]7O[C@H](CO[C@@H]8O[C@H](CO)[C@H](O)[C@H](O)[C@H]8O)[C@@H](O)[C@H](O)[C@H]7O[C@H]7O[C@H](CO)[C@H](O)[C@H](O)[C@H]7O)[C@H](O)[C@H]6O)CC[C@]5(C)[C@H]4CC[C@]3(C)[C@H]1[C@@H]2C. The van der Waals surface area contributed by atoms with Crippen LogP contribution in [0.3, 0.4) is 0 Å². The van der Waals surface area contributed by atoms with Crippen molar-refractivity contribution in [3.8, 4) is 0 Å². The van der Waals surface area contributed by atoms with Crippen molar-refractivity contribution in [1.29, 1.82) is 0 Å². The van der Waals surface area contributed by atoms with Gasteiger partial charge in [-0.05, 0) is 104 Å². The topological polar surface area (TPSA) is 355 Å². The summed E-state index contributed by atoms with van der Waals surface area (Å²) in [4.78, 5) is 0. The van der Waals surface area contributed by atoms with Crippen LogP contribution < -0.4 is 0 Å². The molecule has 0 aromatic carbocycles. The smallest absolute Gasteiger partial charge is 0.187 e. The van der Waals surface area contributed by atoms with Gasteiger partial charge >= 0.3 is 0 Å². The zero-order valence-corrected chi connectivity index (χ0v) is 42.7. The molecule has 0 aromatic rings. The molecule has 4 aliphatic carbocycles. The van der Waals surface area contributed by atoms with Crippen LogP contribution in [0.25, 0.3) is 0 Å². The molecule has 0 radical (unpaired) electrons. The number of hydrogen-bond donors (Lipinski definition) is 13. The molecule has 13 N–H and O–H groups in total. The first-order valence-electron chi connectivity index (χ1n) is 27.3. The van der Waals surface area contributed by atoms with E-state index < -0.39 is 155 Å². The average molecular weight is 1070 g/mol. The van der Waals surface area contributed by atoms with Crippen LogP contribution in [0.5, 0.6) is 0 Å². The van der Waals surface area contributed by atoms with Crippen LogP contribution in [-0.4, -0.2) is 240 Å². The van der Waals surface area contributed by atoms with Gasteiger partial charge in [-0.15, -0.1) is 0 Å². The highest BCUT2D eigenvalue weighted by Gasteiger charge is 2.69. The van der Waals surface area contributed by atoms with E-state index in [9.17, 15) is 66.4 Å². The molecule has 23 nitrogen and oxygen atoms in total. The standard InChI is InChI=1S/C51H84O23/c1-20-7-12-51(66-18-20)21(2)32-27(74-51)14-26-24-6-5-22-13-23(8-10-49(22,3)25(24)9-11-50(26,32)4)67-46-42(64)39(61)43(30(17-54)70-46)72-48-44(73-47-41(63)37(59)34(56)29(16-53)69-47)38(60)35(57)31(71-48)19-65-45-40(62)36(58)33(55)28(15-52)68-45/h20-48,52-64H,5-19H2,1-4H3/t20-,21-,22+,23-,24+,25-,26-,27-,28+,29+,30+,31+,32-,33-,34-,35+,36-,37-,38-,39+,40+,41+,42+,43+,44+,45+,46+,47+,48-,49-,50-,51+/m0/s1. The molecule has 0 bridgehead atoms. The summed E-state index contributed by atoms with van der Waals surface area (Å²) in [6.07, 6.45) is -24.9. The summed E-state index contributed by atoms with van der Waals surface area (Å²) in [5, 5.41) is 139. The van der Waals surface area contributed by atoms with Crippen molar-refractivity contribution in [1.82, 2.24) is 0 Å². The minimum absolute atomic E-state index is 0.0837. The number of aliphatic hydroxyl groups excluding tert-OH is 13.